The molecule has 29 heavy (non-hydrogen) atoms. The number of piperidine rings is 1. The highest BCUT2D eigenvalue weighted by atomic mass is 32.2. The van der Waals surface area contributed by atoms with Crippen LogP contribution in [0.2, 0.25) is 0 Å². The molecule has 1 aliphatic rings. The summed E-state index contributed by atoms with van der Waals surface area (Å²) < 4.78 is 42.0. The van der Waals surface area contributed by atoms with Gasteiger partial charge >= 0.3 is 0 Å². The van der Waals surface area contributed by atoms with Gasteiger partial charge in [0.15, 0.2) is 0 Å². The van der Waals surface area contributed by atoms with Gasteiger partial charge in [-0.1, -0.05) is 39.0 Å². The number of amides is 1. The zero-order chi connectivity index (χ0) is 21.2. The molecule has 0 saturated carbocycles. The van der Waals surface area contributed by atoms with Crippen LogP contribution in [0, 0.1) is 17.7 Å². The van der Waals surface area contributed by atoms with Crippen molar-refractivity contribution in [3.05, 3.63) is 59.4 Å². The molecule has 0 bridgehead atoms. The molecule has 3 rings (SSSR count). The maximum Gasteiger partial charge on any atom is 0.255 e. The van der Waals surface area contributed by atoms with Crippen molar-refractivity contribution in [2.24, 2.45) is 11.8 Å². The Bertz CT molecular complexity index is 997. The molecule has 1 saturated heterocycles. The van der Waals surface area contributed by atoms with Gasteiger partial charge in [0, 0.05) is 24.3 Å². The van der Waals surface area contributed by atoms with Gasteiger partial charge in [-0.2, -0.15) is 4.31 Å². The smallest absolute Gasteiger partial charge is 0.255 e. The summed E-state index contributed by atoms with van der Waals surface area (Å²) in [6.45, 7) is 6.67. The lowest BCUT2D eigenvalue weighted by Crippen LogP contribution is -2.42. The fourth-order valence-electron chi connectivity index (χ4n) is 3.93. The Morgan fingerprint density at radius 2 is 1.79 bits per heavy atom. The molecular weight excluding hydrogens is 391 g/mol. The second kappa shape index (κ2) is 8.63. The number of carbonyl (C=O) groups excluding carboxylic acids is 1. The molecule has 2 unspecified atom stereocenters. The zero-order valence-electron chi connectivity index (χ0n) is 17.0. The molecule has 2 atom stereocenters. The van der Waals surface area contributed by atoms with E-state index in [0.717, 1.165) is 30.5 Å². The summed E-state index contributed by atoms with van der Waals surface area (Å²) in [5, 5.41) is 2.80. The van der Waals surface area contributed by atoms with Crippen LogP contribution in [0.5, 0.6) is 0 Å². The summed E-state index contributed by atoms with van der Waals surface area (Å²) in [6, 6.07) is 10.9. The van der Waals surface area contributed by atoms with E-state index in [9.17, 15) is 17.6 Å². The molecule has 156 valence electrons. The van der Waals surface area contributed by atoms with Crippen molar-refractivity contribution >= 4 is 21.6 Å². The lowest BCUT2D eigenvalue weighted by molar-refractivity contribution is 0.102. The quantitative estimate of drug-likeness (QED) is 0.787. The van der Waals surface area contributed by atoms with Crippen LogP contribution in [0.1, 0.15) is 43.1 Å². The van der Waals surface area contributed by atoms with Crippen LogP contribution in [0.3, 0.4) is 0 Å². The number of sulfonamides is 1. The fraction of sp³-hybridized carbons (Fsp3) is 0.409. The van der Waals surface area contributed by atoms with Gasteiger partial charge in [0.05, 0.1) is 0 Å². The van der Waals surface area contributed by atoms with Gasteiger partial charge in [0.25, 0.3) is 5.91 Å². The molecule has 1 aliphatic heterocycles. The van der Waals surface area contributed by atoms with Crippen molar-refractivity contribution in [2.75, 3.05) is 18.4 Å². The fourth-order valence-corrected chi connectivity index (χ4v) is 5.70. The molecule has 5 nitrogen and oxygen atoms in total. The van der Waals surface area contributed by atoms with Crippen molar-refractivity contribution in [1.82, 2.24) is 4.31 Å². The number of nitrogens with one attached hydrogen (secondary N) is 1. The predicted octanol–water partition coefficient (Wildman–Crippen LogP) is 4.31. The van der Waals surface area contributed by atoms with Crippen molar-refractivity contribution in [1.29, 1.82) is 0 Å². The van der Waals surface area contributed by atoms with Crippen LogP contribution in [0.25, 0.3) is 0 Å². The third-order valence-electron chi connectivity index (χ3n) is 5.29. The average Bonchev–Trinajstić information content (AvgIpc) is 2.67. The van der Waals surface area contributed by atoms with Crippen LogP contribution < -0.4 is 5.32 Å². The summed E-state index contributed by atoms with van der Waals surface area (Å²) in [5.41, 5.74) is 1.73. The van der Waals surface area contributed by atoms with Crippen molar-refractivity contribution in [2.45, 2.75) is 38.5 Å². The maximum atomic E-state index is 14.5. The molecule has 7 heteroatoms. The third-order valence-corrected chi connectivity index (χ3v) is 7.14. The lowest BCUT2D eigenvalue weighted by atomic mass is 9.94. The highest BCUT2D eigenvalue weighted by Crippen LogP contribution is 2.28. The molecule has 1 amide bonds. The molecule has 2 aromatic rings. The first-order valence-corrected chi connectivity index (χ1v) is 11.3. The minimum absolute atomic E-state index is 0.106. The number of benzene rings is 2. The van der Waals surface area contributed by atoms with E-state index in [-0.39, 0.29) is 17.4 Å². The van der Waals surface area contributed by atoms with Crippen LogP contribution >= 0.6 is 0 Å². The number of halogens is 1. The second-order valence-electron chi connectivity index (χ2n) is 7.88. The Morgan fingerprint density at radius 1 is 1.14 bits per heavy atom. The summed E-state index contributed by atoms with van der Waals surface area (Å²) in [5.74, 6) is -0.911. The van der Waals surface area contributed by atoms with Crippen molar-refractivity contribution < 1.29 is 17.6 Å². The number of carbonyl (C=O) groups is 1. The van der Waals surface area contributed by atoms with Gasteiger partial charge in [-0.3, -0.25) is 4.79 Å². The third kappa shape index (κ3) is 4.67. The first-order chi connectivity index (χ1) is 13.7. The molecule has 2 aromatic carbocycles. The Morgan fingerprint density at radius 3 is 2.45 bits per heavy atom. The van der Waals surface area contributed by atoms with Crippen molar-refractivity contribution in [3.8, 4) is 0 Å². The van der Waals surface area contributed by atoms with E-state index in [1.54, 1.807) is 6.07 Å². The van der Waals surface area contributed by atoms with E-state index >= 15 is 0 Å². The van der Waals surface area contributed by atoms with Crippen LogP contribution in [-0.4, -0.2) is 31.7 Å². The molecule has 0 aliphatic carbocycles. The Labute approximate surface area is 172 Å². The number of nitrogens with zero attached hydrogens (tertiary/aromatic N) is 1. The predicted molar refractivity (Wildman–Crippen MR) is 112 cm³/mol. The minimum atomic E-state index is -4.02. The Balaban J connectivity index is 1.90. The van der Waals surface area contributed by atoms with Gasteiger partial charge in [-0.05, 0) is 54.5 Å². The van der Waals surface area contributed by atoms with Gasteiger partial charge in [0.2, 0.25) is 10.0 Å². The Hall–Kier alpha value is -2.25. The summed E-state index contributed by atoms with van der Waals surface area (Å²) in [7, 11) is -4.02. The highest BCUT2D eigenvalue weighted by molar-refractivity contribution is 7.89. The van der Waals surface area contributed by atoms with Crippen molar-refractivity contribution in [3.63, 3.8) is 0 Å². The maximum absolute atomic E-state index is 14.5. The van der Waals surface area contributed by atoms with E-state index in [1.807, 2.05) is 39.0 Å². The van der Waals surface area contributed by atoms with E-state index in [2.05, 4.69) is 5.32 Å². The van der Waals surface area contributed by atoms with Gasteiger partial charge in [0.1, 0.15) is 10.7 Å². The monoisotopic (exact) mass is 418 g/mol. The number of para-hydroxylation sites is 1. The first-order valence-electron chi connectivity index (χ1n) is 9.91. The number of hydrogen-bond donors (Lipinski definition) is 1. The first kappa shape index (κ1) is 21.5. The van der Waals surface area contributed by atoms with E-state index in [4.69, 9.17) is 0 Å². The van der Waals surface area contributed by atoms with Gasteiger partial charge < -0.3 is 5.32 Å². The lowest BCUT2D eigenvalue weighted by Gasteiger charge is -2.34. The molecule has 0 radical (unpaired) electrons. The SMILES string of the molecule is CCc1ccccc1NC(=O)c1ccc(F)c(S(=O)(=O)N2CC(C)CC(C)C2)c1. The second-order valence-corrected chi connectivity index (χ2v) is 9.78. The van der Waals surface area contributed by atoms with Gasteiger partial charge in [-0.15, -0.1) is 0 Å². The topological polar surface area (TPSA) is 66.5 Å². The largest absolute Gasteiger partial charge is 0.322 e. The molecule has 1 N–H and O–H groups in total. The average molecular weight is 419 g/mol. The van der Waals surface area contributed by atoms with Crippen LogP contribution in [0.15, 0.2) is 47.4 Å². The molecule has 1 heterocycles. The zero-order valence-corrected chi connectivity index (χ0v) is 17.8. The molecular formula is C22H27FN2O3S. The molecule has 0 spiro atoms. The molecule has 0 aromatic heterocycles. The van der Waals surface area contributed by atoms with Crippen LogP contribution in [0.4, 0.5) is 10.1 Å². The standard InChI is InChI=1S/C22H27FN2O3S/c1-4-17-7-5-6-8-20(17)24-22(26)18-9-10-19(23)21(12-18)29(27,28)25-13-15(2)11-16(3)14-25/h5-10,12,15-16H,4,11,13-14H2,1-3H3,(H,24,26). The van der Waals surface area contributed by atoms with E-state index < -0.39 is 26.6 Å². The number of rotatable bonds is 5. The normalized spacial score (nSPS) is 20.4. The van der Waals surface area contributed by atoms with Crippen LogP contribution in [-0.2, 0) is 16.4 Å². The summed E-state index contributed by atoms with van der Waals surface area (Å²) in [4.78, 5) is 12.3. The highest BCUT2D eigenvalue weighted by Gasteiger charge is 2.33. The summed E-state index contributed by atoms with van der Waals surface area (Å²) in [6.07, 6.45) is 1.68. The molecule has 1 fully saturated rings. The van der Waals surface area contributed by atoms with Gasteiger partial charge in [-0.25, -0.2) is 12.8 Å². The minimum Gasteiger partial charge on any atom is -0.322 e. The number of hydrogen-bond acceptors (Lipinski definition) is 3. The summed E-state index contributed by atoms with van der Waals surface area (Å²) >= 11 is 0. The van der Waals surface area contributed by atoms with E-state index in [0.29, 0.717) is 18.8 Å². The van der Waals surface area contributed by atoms with E-state index in [1.165, 1.54) is 10.4 Å². The Kier molecular flexibility index (Phi) is 6.39. The number of aryl methyl sites for hydroxylation is 1. The number of anilines is 1.